The van der Waals surface area contributed by atoms with Crippen molar-refractivity contribution in [3.63, 3.8) is 0 Å². The molecule has 110 valence electrons. The number of ether oxygens (including phenoxy) is 1. The summed E-state index contributed by atoms with van der Waals surface area (Å²) in [4.78, 5) is 25.0. The Morgan fingerprint density at radius 3 is 2.63 bits per heavy atom. The van der Waals surface area contributed by atoms with Crippen LogP contribution in [-0.4, -0.2) is 53.8 Å². The van der Waals surface area contributed by atoms with E-state index in [0.717, 1.165) is 12.8 Å². The molecule has 1 rings (SSSR count). The third-order valence-corrected chi connectivity index (χ3v) is 3.48. The lowest BCUT2D eigenvalue weighted by Crippen LogP contribution is -2.52. The Morgan fingerprint density at radius 1 is 1.42 bits per heavy atom. The van der Waals surface area contributed by atoms with Crippen molar-refractivity contribution in [3.05, 3.63) is 0 Å². The highest BCUT2D eigenvalue weighted by molar-refractivity contribution is 5.77. The van der Waals surface area contributed by atoms with Crippen molar-refractivity contribution < 1.29 is 19.4 Å². The first-order chi connectivity index (χ1) is 9.01. The van der Waals surface area contributed by atoms with E-state index in [1.165, 1.54) is 0 Å². The quantitative estimate of drug-likeness (QED) is 0.764. The highest BCUT2D eigenvalue weighted by Gasteiger charge is 2.39. The lowest BCUT2D eigenvalue weighted by molar-refractivity contribution is -0.142. The smallest absolute Gasteiger partial charge is 0.317 e. The van der Waals surface area contributed by atoms with Gasteiger partial charge >= 0.3 is 12.0 Å². The fourth-order valence-corrected chi connectivity index (χ4v) is 2.14. The molecular formula is C13H24N2O4. The van der Waals surface area contributed by atoms with Crippen molar-refractivity contribution in [2.45, 2.75) is 45.7 Å². The van der Waals surface area contributed by atoms with Crippen molar-refractivity contribution in [1.82, 2.24) is 10.2 Å². The van der Waals surface area contributed by atoms with Crippen LogP contribution in [-0.2, 0) is 9.53 Å². The van der Waals surface area contributed by atoms with Crippen LogP contribution in [0, 0.1) is 5.92 Å². The van der Waals surface area contributed by atoms with E-state index >= 15 is 0 Å². The summed E-state index contributed by atoms with van der Waals surface area (Å²) in [7, 11) is 0. The molecule has 1 saturated heterocycles. The maximum atomic E-state index is 12.2. The molecule has 1 aliphatic heterocycles. The van der Waals surface area contributed by atoms with Gasteiger partial charge in [0.1, 0.15) is 5.92 Å². The first-order valence-electron chi connectivity index (χ1n) is 6.88. The van der Waals surface area contributed by atoms with Crippen molar-refractivity contribution in [3.8, 4) is 0 Å². The summed E-state index contributed by atoms with van der Waals surface area (Å²) in [5, 5.41) is 12.1. The molecule has 0 bridgehead atoms. The van der Waals surface area contributed by atoms with Gasteiger partial charge in [-0.1, -0.05) is 13.8 Å². The molecule has 0 aliphatic carbocycles. The summed E-state index contributed by atoms with van der Waals surface area (Å²) < 4.78 is 5.24. The van der Waals surface area contributed by atoms with Gasteiger partial charge in [0, 0.05) is 12.6 Å². The number of rotatable bonds is 6. The molecule has 1 heterocycles. The standard InChI is InChI=1S/C13H24N2O4/c1-4-6-15(13(18)14-9(3)5-2)11-8-19-7-10(11)12(16)17/h9-11H,4-8H2,1-3H3,(H,14,18)(H,16,17). The maximum absolute atomic E-state index is 12.2. The molecule has 0 aromatic heterocycles. The monoisotopic (exact) mass is 272 g/mol. The topological polar surface area (TPSA) is 78.9 Å². The second-order valence-electron chi connectivity index (χ2n) is 5.00. The number of amides is 2. The van der Waals surface area contributed by atoms with Gasteiger partial charge in [0.25, 0.3) is 0 Å². The second-order valence-corrected chi connectivity index (χ2v) is 5.00. The number of carbonyl (C=O) groups is 2. The van der Waals surface area contributed by atoms with E-state index in [2.05, 4.69) is 5.32 Å². The third-order valence-electron chi connectivity index (χ3n) is 3.48. The summed E-state index contributed by atoms with van der Waals surface area (Å²) in [6.45, 7) is 6.91. The Bertz CT molecular complexity index is 322. The maximum Gasteiger partial charge on any atom is 0.317 e. The van der Waals surface area contributed by atoms with E-state index in [4.69, 9.17) is 4.74 Å². The van der Waals surface area contributed by atoms with Crippen LogP contribution in [0.1, 0.15) is 33.6 Å². The predicted octanol–water partition coefficient (Wildman–Crippen LogP) is 1.31. The molecule has 1 aliphatic rings. The van der Waals surface area contributed by atoms with Crippen LogP contribution < -0.4 is 5.32 Å². The van der Waals surface area contributed by atoms with E-state index in [1.807, 2.05) is 20.8 Å². The fraction of sp³-hybridized carbons (Fsp3) is 0.846. The van der Waals surface area contributed by atoms with E-state index in [1.54, 1.807) is 4.90 Å². The van der Waals surface area contributed by atoms with Gasteiger partial charge in [-0.15, -0.1) is 0 Å². The summed E-state index contributed by atoms with van der Waals surface area (Å²) in [6, 6.07) is -0.489. The minimum absolute atomic E-state index is 0.0810. The Labute approximate surface area is 114 Å². The van der Waals surface area contributed by atoms with E-state index in [-0.39, 0.29) is 24.7 Å². The number of carboxylic acids is 1. The van der Waals surface area contributed by atoms with Crippen LogP contribution >= 0.6 is 0 Å². The first-order valence-corrected chi connectivity index (χ1v) is 6.88. The Kier molecular flexibility index (Phi) is 6.08. The largest absolute Gasteiger partial charge is 0.481 e. The Hall–Kier alpha value is -1.30. The van der Waals surface area contributed by atoms with Gasteiger partial charge in [-0.25, -0.2) is 4.79 Å². The number of carboxylic acid groups (broad SMARTS) is 1. The number of nitrogens with one attached hydrogen (secondary N) is 1. The molecule has 0 saturated carbocycles. The van der Waals surface area contributed by atoms with E-state index in [0.29, 0.717) is 13.2 Å². The SMILES string of the molecule is CCCN(C(=O)NC(C)CC)C1COCC1C(=O)O. The van der Waals surface area contributed by atoms with Crippen molar-refractivity contribution in [2.24, 2.45) is 5.92 Å². The molecule has 6 heteroatoms. The van der Waals surface area contributed by atoms with E-state index in [9.17, 15) is 14.7 Å². The molecule has 0 spiro atoms. The lowest BCUT2D eigenvalue weighted by Gasteiger charge is -2.31. The van der Waals surface area contributed by atoms with Crippen LogP contribution in [0.2, 0.25) is 0 Å². The summed E-state index contributed by atoms with van der Waals surface area (Å²) >= 11 is 0. The lowest BCUT2D eigenvalue weighted by atomic mass is 10.0. The molecule has 0 aromatic rings. The van der Waals surface area contributed by atoms with Crippen LogP contribution in [0.5, 0.6) is 0 Å². The van der Waals surface area contributed by atoms with Gasteiger partial charge in [-0.3, -0.25) is 4.79 Å². The third kappa shape index (κ3) is 4.09. The van der Waals surface area contributed by atoms with Gasteiger partial charge in [-0.05, 0) is 19.8 Å². The zero-order valence-corrected chi connectivity index (χ0v) is 11.9. The number of nitrogens with zero attached hydrogens (tertiary/aromatic N) is 1. The predicted molar refractivity (Wildman–Crippen MR) is 71.0 cm³/mol. The molecule has 0 aromatic carbocycles. The number of hydrogen-bond acceptors (Lipinski definition) is 3. The summed E-state index contributed by atoms with van der Waals surface area (Å²) in [5.41, 5.74) is 0. The molecule has 1 fully saturated rings. The number of hydrogen-bond donors (Lipinski definition) is 2. The van der Waals surface area contributed by atoms with Crippen LogP contribution in [0.25, 0.3) is 0 Å². The normalized spacial score (nSPS) is 23.9. The number of urea groups is 1. The Balaban J connectivity index is 2.75. The number of aliphatic carboxylic acids is 1. The molecule has 3 atom stereocenters. The zero-order chi connectivity index (χ0) is 14.4. The van der Waals surface area contributed by atoms with Crippen molar-refractivity contribution in [2.75, 3.05) is 19.8 Å². The van der Waals surface area contributed by atoms with E-state index < -0.39 is 11.9 Å². The Morgan fingerprint density at radius 2 is 2.11 bits per heavy atom. The van der Waals surface area contributed by atoms with Gasteiger partial charge in [0.15, 0.2) is 0 Å². The molecule has 0 radical (unpaired) electrons. The molecular weight excluding hydrogens is 248 g/mol. The number of carbonyl (C=O) groups excluding carboxylic acids is 1. The molecule has 2 amide bonds. The van der Waals surface area contributed by atoms with Crippen LogP contribution in [0.4, 0.5) is 4.79 Å². The average Bonchev–Trinajstić information content (AvgIpc) is 2.84. The molecule has 19 heavy (non-hydrogen) atoms. The van der Waals surface area contributed by atoms with Crippen molar-refractivity contribution >= 4 is 12.0 Å². The highest BCUT2D eigenvalue weighted by Crippen LogP contribution is 2.20. The minimum Gasteiger partial charge on any atom is -0.481 e. The van der Waals surface area contributed by atoms with Crippen molar-refractivity contribution in [1.29, 1.82) is 0 Å². The van der Waals surface area contributed by atoms with Crippen LogP contribution in [0.15, 0.2) is 0 Å². The molecule has 6 nitrogen and oxygen atoms in total. The average molecular weight is 272 g/mol. The summed E-state index contributed by atoms with van der Waals surface area (Å²) in [5.74, 6) is -1.53. The second kappa shape index (κ2) is 7.33. The van der Waals surface area contributed by atoms with Crippen LogP contribution in [0.3, 0.4) is 0 Å². The molecule has 3 unspecified atom stereocenters. The summed E-state index contributed by atoms with van der Waals surface area (Å²) in [6.07, 6.45) is 1.63. The zero-order valence-electron chi connectivity index (χ0n) is 11.9. The van der Waals surface area contributed by atoms with Gasteiger partial charge < -0.3 is 20.1 Å². The molecule has 2 N–H and O–H groups in total. The fourth-order valence-electron chi connectivity index (χ4n) is 2.14. The van der Waals surface area contributed by atoms with Gasteiger partial charge in [0.2, 0.25) is 0 Å². The minimum atomic E-state index is -0.903. The van der Waals surface area contributed by atoms with Gasteiger partial charge in [0.05, 0.1) is 19.3 Å². The highest BCUT2D eigenvalue weighted by atomic mass is 16.5. The first kappa shape index (κ1) is 15.8. The van der Waals surface area contributed by atoms with Gasteiger partial charge in [-0.2, -0.15) is 0 Å².